The molecule has 0 aliphatic rings. The van der Waals surface area contributed by atoms with Crippen molar-refractivity contribution in [1.82, 2.24) is 14.5 Å². The van der Waals surface area contributed by atoms with Crippen LogP contribution in [0.15, 0.2) is 23.1 Å². The van der Waals surface area contributed by atoms with Gasteiger partial charge in [0.25, 0.3) is 5.91 Å². The monoisotopic (exact) mass is 408 g/mol. The van der Waals surface area contributed by atoms with Gasteiger partial charge in [0.05, 0.1) is 22.0 Å². The van der Waals surface area contributed by atoms with E-state index in [1.54, 1.807) is 38.6 Å². The predicted octanol–water partition coefficient (Wildman–Crippen LogP) is 1.11. The number of sulfonamides is 1. The van der Waals surface area contributed by atoms with E-state index in [2.05, 4.69) is 15.1 Å². The van der Waals surface area contributed by atoms with Crippen LogP contribution in [0.25, 0.3) is 0 Å². The van der Waals surface area contributed by atoms with Gasteiger partial charge in [-0.05, 0) is 51.0 Å². The molecule has 1 amide bonds. The zero-order valence-electron chi connectivity index (χ0n) is 16.5. The SMILES string of the molecule is Cc1ccc(S(=O)(=O)NCC(=O)OCC(=O)Nc2c(C)nn(C)c2C)cc1C. The van der Waals surface area contributed by atoms with Crippen LogP contribution in [0.4, 0.5) is 5.69 Å². The van der Waals surface area contributed by atoms with Crippen LogP contribution in [0.2, 0.25) is 0 Å². The summed E-state index contributed by atoms with van der Waals surface area (Å²) in [5, 5.41) is 6.80. The molecule has 1 aromatic carbocycles. The molecular formula is C18H24N4O5S. The molecule has 0 aliphatic heterocycles. The number of esters is 1. The molecule has 10 heteroatoms. The van der Waals surface area contributed by atoms with Crippen LogP contribution in [0, 0.1) is 27.7 Å². The molecule has 1 heterocycles. The van der Waals surface area contributed by atoms with Crippen molar-refractivity contribution in [3.8, 4) is 0 Å². The van der Waals surface area contributed by atoms with Crippen molar-refractivity contribution >= 4 is 27.6 Å². The topological polar surface area (TPSA) is 119 Å². The fourth-order valence-corrected chi connectivity index (χ4v) is 3.50. The van der Waals surface area contributed by atoms with E-state index in [4.69, 9.17) is 4.74 Å². The minimum Gasteiger partial charge on any atom is -0.455 e. The number of aromatic nitrogens is 2. The quantitative estimate of drug-likeness (QED) is 0.663. The van der Waals surface area contributed by atoms with Gasteiger partial charge in [-0.1, -0.05) is 6.07 Å². The number of hydrogen-bond acceptors (Lipinski definition) is 6. The third-order valence-electron chi connectivity index (χ3n) is 4.33. The third-order valence-corrected chi connectivity index (χ3v) is 5.73. The lowest BCUT2D eigenvalue weighted by molar-refractivity contribution is -0.146. The van der Waals surface area contributed by atoms with Gasteiger partial charge in [0.15, 0.2) is 6.61 Å². The predicted molar refractivity (Wildman–Crippen MR) is 103 cm³/mol. The highest BCUT2D eigenvalue weighted by Gasteiger charge is 2.18. The maximum atomic E-state index is 12.2. The number of rotatable bonds is 7. The van der Waals surface area contributed by atoms with E-state index >= 15 is 0 Å². The number of aryl methyl sites for hydroxylation is 4. The highest BCUT2D eigenvalue weighted by atomic mass is 32.2. The van der Waals surface area contributed by atoms with Crippen LogP contribution in [0.5, 0.6) is 0 Å². The minimum atomic E-state index is -3.85. The molecule has 2 N–H and O–H groups in total. The second kappa shape index (κ2) is 8.53. The van der Waals surface area contributed by atoms with Crippen molar-refractivity contribution in [2.24, 2.45) is 7.05 Å². The Morgan fingerprint density at radius 3 is 2.39 bits per heavy atom. The standard InChI is InChI=1S/C18H24N4O5S/c1-11-6-7-15(8-12(11)2)28(25,26)19-9-17(24)27-10-16(23)20-18-13(3)21-22(5)14(18)4/h6-8,19H,9-10H2,1-5H3,(H,20,23). The molecule has 0 aliphatic carbocycles. The van der Waals surface area contributed by atoms with E-state index in [1.165, 1.54) is 12.1 Å². The first kappa shape index (κ1) is 21.6. The van der Waals surface area contributed by atoms with Gasteiger partial charge in [0, 0.05) is 7.05 Å². The highest BCUT2D eigenvalue weighted by Crippen LogP contribution is 2.18. The van der Waals surface area contributed by atoms with Crippen LogP contribution in [0.3, 0.4) is 0 Å². The van der Waals surface area contributed by atoms with Crippen molar-refractivity contribution in [2.75, 3.05) is 18.5 Å². The second-order valence-corrected chi connectivity index (χ2v) is 8.22. The number of hydrogen-bond donors (Lipinski definition) is 2. The fourth-order valence-electron chi connectivity index (χ4n) is 2.45. The molecule has 2 rings (SSSR count). The molecule has 9 nitrogen and oxygen atoms in total. The van der Waals surface area contributed by atoms with E-state index in [0.29, 0.717) is 11.4 Å². The summed E-state index contributed by atoms with van der Waals surface area (Å²) in [6.45, 7) is 6.10. The Morgan fingerprint density at radius 1 is 1.14 bits per heavy atom. The molecule has 0 fully saturated rings. The van der Waals surface area contributed by atoms with Gasteiger partial charge < -0.3 is 10.1 Å². The Bertz CT molecular complexity index is 1010. The summed E-state index contributed by atoms with van der Waals surface area (Å²) < 4.78 is 33.1. The summed E-state index contributed by atoms with van der Waals surface area (Å²) in [7, 11) is -2.10. The number of benzene rings is 1. The summed E-state index contributed by atoms with van der Waals surface area (Å²) in [6, 6.07) is 4.67. The summed E-state index contributed by atoms with van der Waals surface area (Å²) in [5.41, 5.74) is 3.74. The lowest BCUT2D eigenvalue weighted by Gasteiger charge is -2.09. The van der Waals surface area contributed by atoms with E-state index in [-0.39, 0.29) is 4.90 Å². The lowest BCUT2D eigenvalue weighted by atomic mass is 10.1. The van der Waals surface area contributed by atoms with Crippen molar-refractivity contribution in [2.45, 2.75) is 32.6 Å². The zero-order chi connectivity index (χ0) is 21.1. The Kier molecular flexibility index (Phi) is 6.57. The Morgan fingerprint density at radius 2 is 1.82 bits per heavy atom. The number of nitrogens with zero attached hydrogens (tertiary/aromatic N) is 2. The van der Waals surface area contributed by atoms with Gasteiger partial charge in [0.1, 0.15) is 6.54 Å². The van der Waals surface area contributed by atoms with Gasteiger partial charge in [0.2, 0.25) is 10.0 Å². The number of anilines is 1. The first-order chi connectivity index (χ1) is 13.0. The minimum absolute atomic E-state index is 0.0590. The number of ether oxygens (including phenoxy) is 1. The summed E-state index contributed by atoms with van der Waals surface area (Å²) in [4.78, 5) is 23.8. The summed E-state index contributed by atoms with van der Waals surface area (Å²) in [5.74, 6) is -1.40. The second-order valence-electron chi connectivity index (χ2n) is 6.45. The molecule has 0 saturated heterocycles. The fraction of sp³-hybridized carbons (Fsp3) is 0.389. The van der Waals surface area contributed by atoms with Crippen molar-refractivity contribution in [1.29, 1.82) is 0 Å². The molecule has 152 valence electrons. The van der Waals surface area contributed by atoms with Crippen LogP contribution in [0.1, 0.15) is 22.5 Å². The van der Waals surface area contributed by atoms with Gasteiger partial charge in [-0.2, -0.15) is 9.82 Å². The Hall–Kier alpha value is -2.72. The maximum Gasteiger partial charge on any atom is 0.321 e. The molecule has 1 aromatic heterocycles. The average molecular weight is 408 g/mol. The molecule has 0 spiro atoms. The molecule has 0 bridgehead atoms. The molecule has 2 aromatic rings. The molecular weight excluding hydrogens is 384 g/mol. The van der Waals surface area contributed by atoms with Crippen LogP contribution in [-0.2, 0) is 31.4 Å². The molecule has 0 unspecified atom stereocenters. The Labute approximate surface area is 164 Å². The molecule has 28 heavy (non-hydrogen) atoms. The van der Waals surface area contributed by atoms with E-state index in [9.17, 15) is 18.0 Å². The molecule has 0 saturated carbocycles. The number of nitrogens with one attached hydrogen (secondary N) is 2. The highest BCUT2D eigenvalue weighted by molar-refractivity contribution is 7.89. The van der Waals surface area contributed by atoms with Crippen molar-refractivity contribution in [3.05, 3.63) is 40.7 Å². The van der Waals surface area contributed by atoms with Gasteiger partial charge in [-0.15, -0.1) is 0 Å². The van der Waals surface area contributed by atoms with Gasteiger partial charge >= 0.3 is 5.97 Å². The average Bonchev–Trinajstić information content (AvgIpc) is 2.86. The Balaban J connectivity index is 1.86. The zero-order valence-corrected chi connectivity index (χ0v) is 17.3. The number of carbonyl (C=O) groups is 2. The number of carbonyl (C=O) groups excluding carboxylic acids is 2. The van der Waals surface area contributed by atoms with Crippen LogP contribution < -0.4 is 10.0 Å². The number of amides is 1. The first-order valence-electron chi connectivity index (χ1n) is 8.54. The summed E-state index contributed by atoms with van der Waals surface area (Å²) in [6.07, 6.45) is 0. The van der Waals surface area contributed by atoms with Gasteiger partial charge in [-0.25, -0.2) is 8.42 Å². The smallest absolute Gasteiger partial charge is 0.321 e. The normalized spacial score (nSPS) is 11.3. The van der Waals surface area contributed by atoms with E-state index in [0.717, 1.165) is 16.8 Å². The van der Waals surface area contributed by atoms with Crippen LogP contribution >= 0.6 is 0 Å². The third kappa shape index (κ3) is 5.17. The molecule has 0 radical (unpaired) electrons. The van der Waals surface area contributed by atoms with Crippen molar-refractivity contribution in [3.63, 3.8) is 0 Å². The summed E-state index contributed by atoms with van der Waals surface area (Å²) >= 11 is 0. The largest absolute Gasteiger partial charge is 0.455 e. The van der Waals surface area contributed by atoms with E-state index < -0.39 is 35.1 Å². The van der Waals surface area contributed by atoms with Crippen LogP contribution in [-0.4, -0.2) is 43.2 Å². The molecule has 0 atom stereocenters. The first-order valence-corrected chi connectivity index (χ1v) is 10.0. The van der Waals surface area contributed by atoms with Crippen molar-refractivity contribution < 1.29 is 22.7 Å². The lowest BCUT2D eigenvalue weighted by Crippen LogP contribution is -2.32. The van der Waals surface area contributed by atoms with Gasteiger partial charge in [-0.3, -0.25) is 14.3 Å². The maximum absolute atomic E-state index is 12.2. The van der Waals surface area contributed by atoms with E-state index in [1.807, 2.05) is 6.92 Å².